The van der Waals surface area contributed by atoms with Gasteiger partial charge in [-0.3, -0.25) is 0 Å². The molecular weight excluding hydrogens is 349 g/mol. The molecule has 0 unspecified atom stereocenters. The van der Waals surface area contributed by atoms with Crippen molar-refractivity contribution in [1.82, 2.24) is 5.32 Å². The number of hydrogen-bond donors (Lipinski definition) is 1. The number of para-hydroxylation sites is 1. The first kappa shape index (κ1) is 20.5. The number of rotatable bonds is 8. The van der Waals surface area contributed by atoms with Gasteiger partial charge in [-0.2, -0.15) is 0 Å². The first-order valence-corrected chi connectivity index (χ1v) is 9.15. The van der Waals surface area contributed by atoms with E-state index in [-0.39, 0.29) is 24.8 Å². The molecule has 2 nitrogen and oxygen atoms in total. The number of allylic oxidation sites excluding steroid dienone is 1. The maximum atomic E-state index is 13.7. The summed E-state index contributed by atoms with van der Waals surface area (Å²) in [4.78, 5) is 0. The lowest BCUT2D eigenvalue weighted by molar-refractivity contribution is 0.296. The summed E-state index contributed by atoms with van der Waals surface area (Å²) in [6, 6.07) is 14.7. The van der Waals surface area contributed by atoms with E-state index >= 15 is 0 Å². The van der Waals surface area contributed by atoms with Crippen molar-refractivity contribution in [3.63, 3.8) is 0 Å². The summed E-state index contributed by atoms with van der Waals surface area (Å²) in [5.41, 5.74) is 3.27. The van der Waals surface area contributed by atoms with Crippen molar-refractivity contribution in [2.45, 2.75) is 45.3 Å². The van der Waals surface area contributed by atoms with Gasteiger partial charge in [0, 0.05) is 17.7 Å². The van der Waals surface area contributed by atoms with Gasteiger partial charge in [-0.15, -0.1) is 12.4 Å². The lowest BCUT2D eigenvalue weighted by Gasteiger charge is -2.14. The van der Waals surface area contributed by atoms with Crippen LogP contribution in [-0.2, 0) is 13.2 Å². The van der Waals surface area contributed by atoms with Crippen LogP contribution in [0.25, 0.3) is 0 Å². The number of ether oxygens (including phenoxy) is 1. The highest BCUT2D eigenvalue weighted by Gasteiger charge is 2.07. The fourth-order valence-corrected chi connectivity index (χ4v) is 3.17. The molecule has 0 spiro atoms. The van der Waals surface area contributed by atoms with E-state index in [0.717, 1.165) is 30.8 Å². The molecule has 0 saturated carbocycles. The van der Waals surface area contributed by atoms with Crippen LogP contribution in [0.4, 0.5) is 4.39 Å². The second kappa shape index (κ2) is 11.0. The van der Waals surface area contributed by atoms with Crippen LogP contribution in [0.5, 0.6) is 5.75 Å². The van der Waals surface area contributed by atoms with E-state index in [0.29, 0.717) is 5.56 Å². The average Bonchev–Trinajstić information content (AvgIpc) is 2.66. The van der Waals surface area contributed by atoms with Crippen molar-refractivity contribution in [2.75, 3.05) is 6.54 Å². The molecule has 0 radical (unpaired) electrons. The van der Waals surface area contributed by atoms with Gasteiger partial charge in [-0.1, -0.05) is 48.0 Å². The van der Waals surface area contributed by atoms with E-state index in [9.17, 15) is 4.39 Å². The van der Waals surface area contributed by atoms with E-state index in [1.165, 1.54) is 31.7 Å². The molecule has 2 aromatic rings. The lowest BCUT2D eigenvalue weighted by atomic mass is 9.97. The highest BCUT2D eigenvalue weighted by molar-refractivity contribution is 5.85. The van der Waals surface area contributed by atoms with Crippen LogP contribution in [0.3, 0.4) is 0 Å². The summed E-state index contributed by atoms with van der Waals surface area (Å²) in [5, 5.41) is 3.50. The third-order valence-electron chi connectivity index (χ3n) is 4.64. The molecule has 1 aliphatic carbocycles. The first-order chi connectivity index (χ1) is 12.3. The Morgan fingerprint density at radius 3 is 2.50 bits per heavy atom. The van der Waals surface area contributed by atoms with E-state index < -0.39 is 0 Å². The van der Waals surface area contributed by atoms with Gasteiger partial charge >= 0.3 is 0 Å². The third-order valence-corrected chi connectivity index (χ3v) is 4.64. The Kier molecular flexibility index (Phi) is 8.66. The number of hydrogen-bond acceptors (Lipinski definition) is 2. The van der Waals surface area contributed by atoms with E-state index in [4.69, 9.17) is 4.74 Å². The topological polar surface area (TPSA) is 21.3 Å². The molecule has 0 heterocycles. The smallest absolute Gasteiger partial charge is 0.129 e. The van der Waals surface area contributed by atoms with Crippen molar-refractivity contribution in [2.24, 2.45) is 0 Å². The second-order valence-corrected chi connectivity index (χ2v) is 6.52. The Balaban J connectivity index is 0.00000243. The van der Waals surface area contributed by atoms with Gasteiger partial charge in [0.1, 0.15) is 18.2 Å². The Bertz CT molecular complexity index is 717. The summed E-state index contributed by atoms with van der Waals surface area (Å²) in [5.74, 6) is 0.592. The third kappa shape index (κ3) is 6.15. The first-order valence-electron chi connectivity index (χ1n) is 9.15. The standard InChI is InChI=1S/C22H26FNO.ClH/c23-21-12-6-4-11-20(21)17-25-22-13-7-5-10-19(22)16-24-15-14-18-8-2-1-3-9-18;/h4-8,10-13,24H,1-3,9,14-17H2;1H. The molecule has 140 valence electrons. The zero-order valence-corrected chi connectivity index (χ0v) is 15.9. The SMILES string of the molecule is Cl.Fc1ccccc1COc1ccccc1CNCCC1=CCCCC1. The molecule has 0 saturated heterocycles. The molecule has 0 atom stereocenters. The summed E-state index contributed by atoms with van der Waals surface area (Å²) < 4.78 is 19.6. The zero-order chi connectivity index (χ0) is 17.3. The molecule has 0 amide bonds. The van der Waals surface area contributed by atoms with Crippen LogP contribution < -0.4 is 10.1 Å². The Morgan fingerprint density at radius 2 is 1.73 bits per heavy atom. The van der Waals surface area contributed by atoms with Crippen molar-refractivity contribution in [1.29, 1.82) is 0 Å². The maximum Gasteiger partial charge on any atom is 0.129 e. The molecule has 3 rings (SSSR count). The highest BCUT2D eigenvalue weighted by Crippen LogP contribution is 2.21. The molecule has 4 heteroatoms. The maximum absolute atomic E-state index is 13.7. The van der Waals surface area contributed by atoms with Crippen molar-refractivity contribution >= 4 is 12.4 Å². The molecule has 0 bridgehead atoms. The molecular formula is C22H27ClFNO. The fourth-order valence-electron chi connectivity index (χ4n) is 3.17. The molecule has 2 aromatic carbocycles. The van der Waals surface area contributed by atoms with Gasteiger partial charge in [-0.25, -0.2) is 4.39 Å². The van der Waals surface area contributed by atoms with E-state index in [1.807, 2.05) is 24.3 Å². The van der Waals surface area contributed by atoms with Gasteiger partial charge < -0.3 is 10.1 Å². The van der Waals surface area contributed by atoms with Crippen LogP contribution in [0, 0.1) is 5.82 Å². The molecule has 1 N–H and O–H groups in total. The Hall–Kier alpha value is -1.84. The molecule has 26 heavy (non-hydrogen) atoms. The predicted octanol–water partition coefficient (Wildman–Crippen LogP) is 5.81. The Labute approximate surface area is 161 Å². The summed E-state index contributed by atoms with van der Waals surface area (Å²) in [6.45, 7) is 1.99. The number of halogens is 2. The largest absolute Gasteiger partial charge is 0.488 e. The van der Waals surface area contributed by atoms with E-state index in [1.54, 1.807) is 17.7 Å². The minimum Gasteiger partial charge on any atom is -0.488 e. The quantitative estimate of drug-likeness (QED) is 0.464. The van der Waals surface area contributed by atoms with Crippen LogP contribution >= 0.6 is 12.4 Å². The molecule has 1 aliphatic rings. The predicted molar refractivity (Wildman–Crippen MR) is 107 cm³/mol. The van der Waals surface area contributed by atoms with Crippen LogP contribution in [0.1, 0.15) is 43.2 Å². The van der Waals surface area contributed by atoms with E-state index in [2.05, 4.69) is 17.5 Å². The fraction of sp³-hybridized carbons (Fsp3) is 0.364. The van der Waals surface area contributed by atoms with Crippen LogP contribution in [0.2, 0.25) is 0 Å². The van der Waals surface area contributed by atoms with Crippen molar-refractivity contribution in [3.05, 3.63) is 77.1 Å². The van der Waals surface area contributed by atoms with Gasteiger partial charge in [0.2, 0.25) is 0 Å². The minimum absolute atomic E-state index is 0. The monoisotopic (exact) mass is 375 g/mol. The Morgan fingerprint density at radius 1 is 0.962 bits per heavy atom. The summed E-state index contributed by atoms with van der Waals surface area (Å²) in [6.07, 6.45) is 8.68. The highest BCUT2D eigenvalue weighted by atomic mass is 35.5. The van der Waals surface area contributed by atoms with Crippen LogP contribution in [-0.4, -0.2) is 6.54 Å². The normalized spacial score (nSPS) is 13.7. The zero-order valence-electron chi connectivity index (χ0n) is 15.0. The molecule has 0 aliphatic heterocycles. The summed E-state index contributed by atoms with van der Waals surface area (Å²) >= 11 is 0. The van der Waals surface area contributed by atoms with Gasteiger partial charge in [0.15, 0.2) is 0 Å². The second-order valence-electron chi connectivity index (χ2n) is 6.52. The summed E-state index contributed by atoms with van der Waals surface area (Å²) in [7, 11) is 0. The average molecular weight is 376 g/mol. The van der Waals surface area contributed by atoms with Gasteiger partial charge in [0.25, 0.3) is 0 Å². The molecule has 0 fully saturated rings. The molecule has 0 aromatic heterocycles. The van der Waals surface area contributed by atoms with Gasteiger partial charge in [-0.05, 0) is 50.8 Å². The number of benzene rings is 2. The van der Waals surface area contributed by atoms with Crippen molar-refractivity contribution in [3.8, 4) is 5.75 Å². The van der Waals surface area contributed by atoms with Crippen LogP contribution in [0.15, 0.2) is 60.2 Å². The lowest BCUT2D eigenvalue weighted by Crippen LogP contribution is -2.16. The van der Waals surface area contributed by atoms with Gasteiger partial charge in [0.05, 0.1) is 0 Å². The minimum atomic E-state index is -0.223. The number of nitrogens with one attached hydrogen (secondary N) is 1. The van der Waals surface area contributed by atoms with Crippen molar-refractivity contribution < 1.29 is 9.13 Å².